The van der Waals surface area contributed by atoms with Gasteiger partial charge < -0.3 is 29.3 Å². The monoisotopic (exact) mass is 604 g/mol. The van der Waals surface area contributed by atoms with Crippen LogP contribution in [0.4, 0.5) is 10.6 Å². The maximum absolute atomic E-state index is 13.9. The van der Waals surface area contributed by atoms with E-state index in [1.807, 2.05) is 35.2 Å². The van der Waals surface area contributed by atoms with E-state index in [0.29, 0.717) is 57.0 Å². The lowest BCUT2D eigenvalue weighted by atomic mass is 10.2. The third-order valence-electron chi connectivity index (χ3n) is 9.45. The third kappa shape index (κ3) is 6.40. The first-order valence-electron chi connectivity index (χ1n) is 15.7. The lowest BCUT2D eigenvalue weighted by Gasteiger charge is -2.34. The molecule has 1 aromatic carbocycles. The molecule has 2 aliphatic heterocycles. The normalized spacial score (nSPS) is 25.7. The topological polar surface area (TPSA) is 136 Å². The second kappa shape index (κ2) is 12.9. The van der Waals surface area contributed by atoms with E-state index in [0.717, 1.165) is 44.2 Å². The van der Waals surface area contributed by atoms with Gasteiger partial charge >= 0.3 is 12.1 Å². The van der Waals surface area contributed by atoms with Gasteiger partial charge in [-0.2, -0.15) is 0 Å². The number of nitrogens with zero attached hydrogens (tertiary/aromatic N) is 6. The van der Waals surface area contributed by atoms with E-state index in [2.05, 4.69) is 16.8 Å². The number of carboxylic acids is 1. The summed E-state index contributed by atoms with van der Waals surface area (Å²) in [6, 6.07) is 11.4. The van der Waals surface area contributed by atoms with E-state index in [1.165, 1.54) is 0 Å². The molecular weight excluding hydrogens is 564 g/mol. The minimum absolute atomic E-state index is 0.0341. The van der Waals surface area contributed by atoms with Gasteiger partial charge in [-0.3, -0.25) is 14.5 Å². The number of piperazine rings is 1. The Hall–Kier alpha value is -4.06. The summed E-state index contributed by atoms with van der Waals surface area (Å²) in [6.45, 7) is 6.80. The summed E-state index contributed by atoms with van der Waals surface area (Å²) < 4.78 is 5.36. The van der Waals surface area contributed by atoms with Crippen molar-refractivity contribution in [3.05, 3.63) is 42.1 Å². The van der Waals surface area contributed by atoms with Crippen LogP contribution in [0.25, 0.3) is 11.4 Å². The first-order chi connectivity index (χ1) is 21.4. The maximum atomic E-state index is 13.9. The SMILES string of the molecule is CCCCOC(=O)N1CCN([C@H]2CC2CN(CC=O)C(=O)c2cc(N3C[C@@H]4C(C(=O)O)[C@@H]4C3)nc(-c3ccccc3)n2)CC1. The summed E-state index contributed by atoms with van der Waals surface area (Å²) in [4.78, 5) is 66.5. The Morgan fingerprint density at radius 3 is 2.45 bits per heavy atom. The molecule has 1 N–H and O–H groups in total. The number of anilines is 1. The number of ether oxygens (including phenoxy) is 1. The molecule has 2 aliphatic carbocycles. The highest BCUT2D eigenvalue weighted by Gasteiger charge is 2.60. The number of aromatic nitrogens is 2. The number of benzene rings is 1. The van der Waals surface area contributed by atoms with Crippen molar-refractivity contribution in [2.75, 3.05) is 63.9 Å². The summed E-state index contributed by atoms with van der Waals surface area (Å²) in [5.41, 5.74) is 0.993. The lowest BCUT2D eigenvalue weighted by Crippen LogP contribution is -2.50. The molecule has 2 aromatic rings. The predicted molar refractivity (Wildman–Crippen MR) is 161 cm³/mol. The lowest BCUT2D eigenvalue weighted by molar-refractivity contribution is -0.139. The molecule has 2 saturated carbocycles. The number of piperidine rings is 1. The number of rotatable bonds is 12. The van der Waals surface area contributed by atoms with Crippen LogP contribution < -0.4 is 4.90 Å². The largest absolute Gasteiger partial charge is 0.481 e. The smallest absolute Gasteiger partial charge is 0.409 e. The van der Waals surface area contributed by atoms with Crippen LogP contribution in [-0.4, -0.2) is 119 Å². The average Bonchev–Trinajstić information content (AvgIpc) is 3.93. The zero-order valence-corrected chi connectivity index (χ0v) is 25.1. The van der Waals surface area contributed by atoms with Gasteiger partial charge in [-0.1, -0.05) is 43.7 Å². The van der Waals surface area contributed by atoms with Gasteiger partial charge in [0, 0.05) is 63.5 Å². The number of hydrogen-bond donors (Lipinski definition) is 1. The van der Waals surface area contributed by atoms with E-state index in [9.17, 15) is 24.3 Å². The van der Waals surface area contributed by atoms with Gasteiger partial charge in [0.15, 0.2) is 5.82 Å². The number of carbonyl (C=O) groups excluding carboxylic acids is 3. The molecule has 12 heteroatoms. The highest BCUT2D eigenvalue weighted by Crippen LogP contribution is 2.52. The Labute approximate surface area is 257 Å². The standard InChI is InChI=1S/C32H40N6O6/c1-2-3-15-44-32(43)36-11-9-35(10-12-36)26-16-22(26)18-37(13-14-39)30(40)25-17-27(34-29(33-25)21-7-5-4-6-8-21)38-19-23-24(20-38)28(23)31(41)42/h4-8,14,17,22-24,26,28H,2-3,9-13,15-16,18-20H2,1H3,(H,41,42)/t22?,23-,24+,26-,28?/m0/s1. The van der Waals surface area contributed by atoms with Gasteiger partial charge in [-0.25, -0.2) is 14.8 Å². The summed E-state index contributed by atoms with van der Waals surface area (Å²) in [5.74, 6) is 0.0509. The Morgan fingerprint density at radius 2 is 1.80 bits per heavy atom. The molecule has 2 saturated heterocycles. The summed E-state index contributed by atoms with van der Waals surface area (Å²) in [7, 11) is 0. The van der Waals surface area contributed by atoms with Gasteiger partial charge in [0.1, 0.15) is 17.8 Å². The molecule has 0 spiro atoms. The zero-order chi connectivity index (χ0) is 30.8. The molecule has 2 unspecified atom stereocenters. The molecule has 4 fully saturated rings. The Balaban J connectivity index is 1.11. The van der Waals surface area contributed by atoms with Crippen LogP contribution in [0.5, 0.6) is 0 Å². The summed E-state index contributed by atoms with van der Waals surface area (Å²) in [6.07, 6.45) is 3.27. The number of unbranched alkanes of at least 4 members (excludes halogenated alkanes) is 1. The summed E-state index contributed by atoms with van der Waals surface area (Å²) in [5, 5.41) is 9.44. The van der Waals surface area contributed by atoms with Crippen LogP contribution in [0, 0.1) is 23.7 Å². The van der Waals surface area contributed by atoms with Crippen LogP contribution in [0.1, 0.15) is 36.7 Å². The number of hydrogen-bond acceptors (Lipinski definition) is 9. The van der Waals surface area contributed by atoms with Crippen LogP contribution in [0.15, 0.2) is 36.4 Å². The van der Waals surface area contributed by atoms with Crippen molar-refractivity contribution >= 4 is 30.1 Å². The number of carbonyl (C=O) groups is 4. The van der Waals surface area contributed by atoms with Crippen molar-refractivity contribution in [1.82, 2.24) is 24.7 Å². The molecule has 44 heavy (non-hydrogen) atoms. The minimum atomic E-state index is -0.752. The molecule has 6 rings (SSSR count). The van der Waals surface area contributed by atoms with Crippen molar-refractivity contribution in [3.8, 4) is 11.4 Å². The number of aliphatic carboxylic acids is 1. The van der Waals surface area contributed by atoms with Crippen molar-refractivity contribution in [3.63, 3.8) is 0 Å². The predicted octanol–water partition coefficient (Wildman–Crippen LogP) is 2.49. The van der Waals surface area contributed by atoms with Gasteiger partial charge in [0.2, 0.25) is 0 Å². The van der Waals surface area contributed by atoms with Crippen molar-refractivity contribution in [1.29, 1.82) is 0 Å². The van der Waals surface area contributed by atoms with Gasteiger partial charge in [0.05, 0.1) is 19.1 Å². The number of aldehydes is 1. The van der Waals surface area contributed by atoms with Gasteiger partial charge in [-0.15, -0.1) is 0 Å². The van der Waals surface area contributed by atoms with Crippen LogP contribution in [0.2, 0.25) is 0 Å². The molecule has 12 nitrogen and oxygen atoms in total. The average molecular weight is 605 g/mol. The number of fused-ring (bicyclic) bond motifs is 1. The molecular formula is C32H40N6O6. The maximum Gasteiger partial charge on any atom is 0.409 e. The molecule has 1 aromatic heterocycles. The Morgan fingerprint density at radius 1 is 1.07 bits per heavy atom. The van der Waals surface area contributed by atoms with Gasteiger partial charge in [0.25, 0.3) is 5.91 Å². The van der Waals surface area contributed by atoms with Crippen LogP contribution in [0.3, 0.4) is 0 Å². The second-order valence-electron chi connectivity index (χ2n) is 12.3. The van der Waals surface area contributed by atoms with E-state index in [1.54, 1.807) is 15.9 Å². The van der Waals surface area contributed by atoms with Gasteiger partial charge in [-0.05, 0) is 30.6 Å². The van der Waals surface area contributed by atoms with E-state index < -0.39 is 5.97 Å². The van der Waals surface area contributed by atoms with E-state index >= 15 is 0 Å². The number of carboxylic acid groups (broad SMARTS) is 1. The fraction of sp³-hybridized carbons (Fsp3) is 0.562. The molecule has 2 amide bonds. The molecule has 234 valence electrons. The first-order valence-corrected chi connectivity index (χ1v) is 15.7. The highest BCUT2D eigenvalue weighted by atomic mass is 16.6. The fourth-order valence-electron chi connectivity index (χ4n) is 6.78. The fourth-order valence-corrected chi connectivity index (χ4v) is 6.78. The summed E-state index contributed by atoms with van der Waals surface area (Å²) >= 11 is 0. The first kappa shape index (κ1) is 30.0. The molecule has 3 heterocycles. The van der Waals surface area contributed by atoms with Crippen molar-refractivity contribution in [2.45, 2.75) is 32.2 Å². The molecule has 4 aliphatic rings. The van der Waals surface area contributed by atoms with E-state index in [-0.39, 0.29) is 47.9 Å². The minimum Gasteiger partial charge on any atom is -0.481 e. The number of amides is 2. The van der Waals surface area contributed by atoms with Crippen molar-refractivity contribution in [2.24, 2.45) is 23.7 Å². The van der Waals surface area contributed by atoms with Crippen LogP contribution >= 0.6 is 0 Å². The quantitative estimate of drug-likeness (QED) is 0.284. The molecule has 5 atom stereocenters. The molecule has 0 radical (unpaired) electrons. The highest BCUT2D eigenvalue weighted by molar-refractivity contribution is 5.94. The second-order valence-corrected chi connectivity index (χ2v) is 12.3. The van der Waals surface area contributed by atoms with Crippen LogP contribution in [-0.2, 0) is 14.3 Å². The Kier molecular flexibility index (Phi) is 8.79. The van der Waals surface area contributed by atoms with Crippen molar-refractivity contribution < 1.29 is 29.0 Å². The zero-order valence-electron chi connectivity index (χ0n) is 25.1. The Bertz CT molecular complexity index is 1370. The third-order valence-corrected chi connectivity index (χ3v) is 9.45. The van der Waals surface area contributed by atoms with E-state index in [4.69, 9.17) is 9.72 Å². The molecule has 0 bridgehead atoms.